The first-order valence-corrected chi connectivity index (χ1v) is 10.1. The molecule has 1 N–H and O–H groups in total. The van der Waals surface area contributed by atoms with E-state index in [0.29, 0.717) is 56.2 Å². The second kappa shape index (κ2) is 8.75. The molecule has 0 radical (unpaired) electrons. The number of rotatable bonds is 5. The van der Waals surface area contributed by atoms with E-state index in [1.165, 1.54) is 12.1 Å². The monoisotopic (exact) mass is 443 g/mol. The third-order valence-corrected chi connectivity index (χ3v) is 5.52. The second-order valence-electron chi connectivity index (χ2n) is 7.50. The summed E-state index contributed by atoms with van der Waals surface area (Å²) in [6, 6.07) is 3.31. The summed E-state index contributed by atoms with van der Waals surface area (Å²) in [5.74, 6) is 0.732. The van der Waals surface area contributed by atoms with E-state index in [0.717, 1.165) is 18.1 Å². The van der Waals surface area contributed by atoms with Crippen molar-refractivity contribution in [3.63, 3.8) is 0 Å². The lowest BCUT2D eigenvalue weighted by atomic mass is 9.93. The number of carbonyl (C=O) groups excluding carboxylic acids is 1. The molecule has 12 heteroatoms. The molecule has 1 aliphatic heterocycles. The van der Waals surface area contributed by atoms with E-state index in [4.69, 9.17) is 9.15 Å². The third-order valence-electron chi connectivity index (χ3n) is 5.52. The fourth-order valence-corrected chi connectivity index (χ4v) is 3.90. The van der Waals surface area contributed by atoms with Gasteiger partial charge in [0.15, 0.2) is 5.76 Å². The van der Waals surface area contributed by atoms with Gasteiger partial charge in [0, 0.05) is 36.7 Å². The van der Waals surface area contributed by atoms with Gasteiger partial charge in [-0.05, 0) is 25.8 Å². The first-order valence-electron chi connectivity index (χ1n) is 10.1. The van der Waals surface area contributed by atoms with Crippen molar-refractivity contribution >= 4 is 28.7 Å². The van der Waals surface area contributed by atoms with Crippen molar-refractivity contribution in [2.24, 2.45) is 5.10 Å². The van der Waals surface area contributed by atoms with E-state index in [9.17, 15) is 25.0 Å². The van der Waals surface area contributed by atoms with Crippen LogP contribution in [0.2, 0.25) is 0 Å². The van der Waals surface area contributed by atoms with Crippen LogP contribution in [0.25, 0.3) is 0 Å². The summed E-state index contributed by atoms with van der Waals surface area (Å²) in [4.78, 5) is 35.5. The lowest BCUT2D eigenvalue weighted by Crippen LogP contribution is -2.40. The van der Waals surface area contributed by atoms with Gasteiger partial charge >= 0.3 is 5.69 Å². The number of carbonyl (C=O) groups is 1. The van der Waals surface area contributed by atoms with Gasteiger partial charge in [0.2, 0.25) is 0 Å². The number of nitrogens with one attached hydrogen (secondary N) is 1. The molecule has 2 aliphatic rings. The summed E-state index contributed by atoms with van der Waals surface area (Å²) >= 11 is 0. The average molecular weight is 443 g/mol. The summed E-state index contributed by atoms with van der Waals surface area (Å²) in [7, 11) is 0. The van der Waals surface area contributed by atoms with E-state index >= 15 is 0 Å². The summed E-state index contributed by atoms with van der Waals surface area (Å²) in [5, 5.41) is 26.6. The molecule has 12 nitrogen and oxygen atoms in total. The Bertz CT molecular complexity index is 1120. The van der Waals surface area contributed by atoms with Crippen LogP contribution < -0.4 is 5.43 Å². The van der Waals surface area contributed by atoms with Gasteiger partial charge in [-0.25, -0.2) is 0 Å². The molecular weight excluding hydrogens is 422 g/mol. The van der Waals surface area contributed by atoms with E-state index in [1.54, 1.807) is 11.8 Å². The number of anilines is 1. The molecule has 0 unspecified atom stereocenters. The Hall–Kier alpha value is -3.80. The minimum atomic E-state index is -0.704. The number of hydrazone groups is 1. The second-order valence-corrected chi connectivity index (χ2v) is 7.50. The van der Waals surface area contributed by atoms with Crippen LogP contribution in [-0.4, -0.2) is 52.7 Å². The minimum Gasteiger partial charge on any atom is -0.455 e. The highest BCUT2D eigenvalue weighted by molar-refractivity contribution is 6.06. The van der Waals surface area contributed by atoms with Gasteiger partial charge in [0.1, 0.15) is 11.4 Å². The molecule has 1 amide bonds. The normalized spacial score (nSPS) is 17.2. The van der Waals surface area contributed by atoms with E-state index < -0.39 is 15.5 Å². The fraction of sp³-hybridized carbons (Fsp3) is 0.400. The van der Waals surface area contributed by atoms with Gasteiger partial charge in [-0.3, -0.25) is 30.4 Å². The highest BCUT2D eigenvalue weighted by Gasteiger charge is 2.31. The molecule has 1 saturated heterocycles. The van der Waals surface area contributed by atoms with Crippen molar-refractivity contribution in [3.8, 4) is 0 Å². The van der Waals surface area contributed by atoms with Gasteiger partial charge in [-0.2, -0.15) is 5.10 Å². The number of ether oxygens (including phenoxy) is 1. The molecule has 0 atom stereocenters. The van der Waals surface area contributed by atoms with Crippen LogP contribution >= 0.6 is 0 Å². The highest BCUT2D eigenvalue weighted by Crippen LogP contribution is 2.32. The van der Waals surface area contributed by atoms with E-state index in [-0.39, 0.29) is 23.0 Å². The number of nitro groups is 2. The zero-order valence-corrected chi connectivity index (χ0v) is 17.3. The van der Waals surface area contributed by atoms with Crippen LogP contribution in [0.15, 0.2) is 27.7 Å². The van der Waals surface area contributed by atoms with Gasteiger partial charge < -0.3 is 14.1 Å². The minimum absolute atomic E-state index is 0.0333. The standard InChI is InChI=1S/C20H21N5O7/c1-12-18-15(22-21-14-6-5-13(24(27)28)11-16(14)25(29)30)3-2-4-17(18)32-19(12)20(26)23-7-9-31-10-8-23/h5-6,11,21H,2-4,7-10H2,1H3/b22-15+. The first-order chi connectivity index (χ1) is 15.4. The zero-order chi connectivity index (χ0) is 22.8. The van der Waals surface area contributed by atoms with Crippen molar-refractivity contribution < 1.29 is 23.8 Å². The predicted octanol–water partition coefficient (Wildman–Crippen LogP) is 3.03. The number of amides is 1. The molecular formula is C20H21N5O7. The SMILES string of the molecule is Cc1c(C(=O)N2CCOCC2)oc2c1/C(=N/Nc1ccc([N+](=O)[O-])cc1[N+](=O)[O-])CCC2. The Kier molecular flexibility index (Phi) is 5.86. The molecule has 2 heterocycles. The molecule has 1 fully saturated rings. The summed E-state index contributed by atoms with van der Waals surface area (Å²) in [6.07, 6.45) is 1.99. The van der Waals surface area contributed by atoms with Crippen LogP contribution in [-0.2, 0) is 11.2 Å². The quantitative estimate of drug-likeness (QED) is 0.546. The number of hydrogen-bond donors (Lipinski definition) is 1. The number of furan rings is 1. The third kappa shape index (κ3) is 4.04. The largest absolute Gasteiger partial charge is 0.455 e. The maximum atomic E-state index is 12.9. The van der Waals surface area contributed by atoms with Crippen LogP contribution in [0.4, 0.5) is 17.1 Å². The number of hydrogen-bond acceptors (Lipinski definition) is 9. The van der Waals surface area contributed by atoms with Gasteiger partial charge in [0.25, 0.3) is 11.6 Å². The number of morpholine rings is 1. The van der Waals surface area contributed by atoms with Crippen LogP contribution in [0, 0.1) is 27.2 Å². The Morgan fingerprint density at radius 2 is 1.91 bits per heavy atom. The number of benzene rings is 1. The molecule has 0 spiro atoms. The van der Waals surface area contributed by atoms with E-state index in [2.05, 4.69) is 10.5 Å². The maximum Gasteiger partial charge on any atom is 0.301 e. The molecule has 0 saturated carbocycles. The number of nitrogens with zero attached hydrogens (tertiary/aromatic N) is 4. The summed E-state index contributed by atoms with van der Waals surface area (Å²) in [6.45, 7) is 3.75. The molecule has 1 aliphatic carbocycles. The lowest BCUT2D eigenvalue weighted by molar-refractivity contribution is -0.393. The number of non-ortho nitro benzene ring substituents is 1. The van der Waals surface area contributed by atoms with Gasteiger partial charge in [-0.1, -0.05) is 0 Å². The predicted molar refractivity (Wildman–Crippen MR) is 113 cm³/mol. The Morgan fingerprint density at radius 3 is 2.59 bits per heavy atom. The summed E-state index contributed by atoms with van der Waals surface area (Å²) in [5.41, 5.74) is 3.88. The number of fused-ring (bicyclic) bond motifs is 1. The summed E-state index contributed by atoms with van der Waals surface area (Å²) < 4.78 is 11.2. The smallest absolute Gasteiger partial charge is 0.301 e. The topological polar surface area (TPSA) is 153 Å². The van der Waals surface area contributed by atoms with Crippen LogP contribution in [0.3, 0.4) is 0 Å². The van der Waals surface area contributed by atoms with Crippen LogP contribution in [0.5, 0.6) is 0 Å². The molecule has 2 aromatic rings. The fourth-order valence-electron chi connectivity index (χ4n) is 3.90. The number of nitro benzene ring substituents is 2. The number of aryl methyl sites for hydroxylation is 1. The van der Waals surface area contributed by atoms with Crippen molar-refractivity contribution in [2.75, 3.05) is 31.7 Å². The molecule has 1 aromatic heterocycles. The Labute approximate surface area is 182 Å². The maximum absolute atomic E-state index is 12.9. The van der Waals surface area contributed by atoms with Crippen LogP contribution in [0.1, 0.15) is 40.3 Å². The van der Waals surface area contributed by atoms with Crippen molar-refractivity contribution in [1.29, 1.82) is 0 Å². The molecule has 168 valence electrons. The molecule has 32 heavy (non-hydrogen) atoms. The zero-order valence-electron chi connectivity index (χ0n) is 17.3. The van der Waals surface area contributed by atoms with Crippen molar-refractivity contribution in [2.45, 2.75) is 26.2 Å². The molecule has 0 bridgehead atoms. The Morgan fingerprint density at radius 1 is 1.16 bits per heavy atom. The first kappa shape index (κ1) is 21.4. The van der Waals surface area contributed by atoms with Gasteiger partial charge in [0.05, 0.1) is 34.8 Å². The Balaban J connectivity index is 1.64. The lowest BCUT2D eigenvalue weighted by Gasteiger charge is -2.26. The average Bonchev–Trinajstić information content (AvgIpc) is 3.14. The van der Waals surface area contributed by atoms with Crippen molar-refractivity contribution in [3.05, 3.63) is 61.1 Å². The van der Waals surface area contributed by atoms with Crippen molar-refractivity contribution in [1.82, 2.24) is 4.90 Å². The van der Waals surface area contributed by atoms with E-state index in [1.807, 2.05) is 0 Å². The molecule has 1 aromatic carbocycles. The highest BCUT2D eigenvalue weighted by atomic mass is 16.6. The molecule has 4 rings (SSSR count). The van der Waals surface area contributed by atoms with Gasteiger partial charge in [-0.15, -0.1) is 0 Å².